The molecule has 0 saturated carbocycles. The topological polar surface area (TPSA) is 29.1 Å². The number of carbonyl (C=O) groups excluding carboxylic acids is 1. The number of carbonyl (C=O) groups is 1. The molecule has 0 aliphatic rings. The van der Waals surface area contributed by atoms with Gasteiger partial charge in [0.1, 0.15) is 11.6 Å². The van der Waals surface area contributed by atoms with Crippen LogP contribution < -0.4 is 5.32 Å². The maximum atomic E-state index is 13.2. The molecular formula is C11H12ClF2NO. The van der Waals surface area contributed by atoms with Gasteiger partial charge in [0.2, 0.25) is 0 Å². The molecule has 0 aromatic heterocycles. The number of amides is 1. The van der Waals surface area contributed by atoms with Crippen LogP contribution in [0, 0.1) is 11.6 Å². The summed E-state index contributed by atoms with van der Waals surface area (Å²) >= 11 is 5.79. The molecule has 1 unspecified atom stereocenters. The third-order valence-corrected chi connectivity index (χ3v) is 2.57. The van der Waals surface area contributed by atoms with Crippen LogP contribution in [0.1, 0.15) is 23.7 Å². The lowest BCUT2D eigenvalue weighted by Gasteiger charge is -2.09. The molecule has 0 saturated heterocycles. The highest BCUT2D eigenvalue weighted by molar-refractivity contribution is 6.20. The van der Waals surface area contributed by atoms with Gasteiger partial charge in [-0.25, -0.2) is 8.78 Å². The number of hydrogen-bond acceptors (Lipinski definition) is 1. The molecule has 2 nitrogen and oxygen atoms in total. The van der Waals surface area contributed by atoms with E-state index in [1.54, 1.807) is 0 Å². The highest BCUT2D eigenvalue weighted by Crippen LogP contribution is 2.09. The van der Waals surface area contributed by atoms with Crippen molar-refractivity contribution in [3.8, 4) is 0 Å². The van der Waals surface area contributed by atoms with Crippen molar-refractivity contribution < 1.29 is 13.6 Å². The Labute approximate surface area is 97.6 Å². The number of rotatable bonds is 4. The first-order chi connectivity index (χ1) is 7.54. The molecule has 0 aliphatic carbocycles. The Balaban J connectivity index is 2.66. The van der Waals surface area contributed by atoms with E-state index >= 15 is 0 Å². The van der Waals surface area contributed by atoms with Crippen molar-refractivity contribution in [1.29, 1.82) is 0 Å². The summed E-state index contributed by atoms with van der Waals surface area (Å²) in [5.41, 5.74) is -0.179. The van der Waals surface area contributed by atoms with Gasteiger partial charge in [0.15, 0.2) is 0 Å². The van der Waals surface area contributed by atoms with Crippen molar-refractivity contribution >= 4 is 17.5 Å². The van der Waals surface area contributed by atoms with Crippen LogP contribution in [0.4, 0.5) is 8.78 Å². The number of hydrogen-bond donors (Lipinski definition) is 1. The molecule has 1 N–H and O–H groups in total. The van der Waals surface area contributed by atoms with Crippen molar-refractivity contribution in [3.05, 3.63) is 35.4 Å². The molecule has 0 radical (unpaired) electrons. The van der Waals surface area contributed by atoms with Crippen LogP contribution in [0.25, 0.3) is 0 Å². The number of nitrogens with one attached hydrogen (secondary N) is 1. The first kappa shape index (κ1) is 12.9. The summed E-state index contributed by atoms with van der Waals surface area (Å²) in [6.07, 6.45) is 0.702. The summed E-state index contributed by atoms with van der Waals surface area (Å²) in [5.74, 6) is -2.17. The van der Waals surface area contributed by atoms with E-state index in [1.165, 1.54) is 0 Å². The van der Waals surface area contributed by atoms with Crippen LogP contribution in [0.5, 0.6) is 0 Å². The Morgan fingerprint density at radius 2 is 2.19 bits per heavy atom. The average Bonchev–Trinajstić information content (AvgIpc) is 2.25. The fraction of sp³-hybridized carbons (Fsp3) is 0.364. The molecule has 1 amide bonds. The van der Waals surface area contributed by atoms with Crippen LogP contribution in [0.2, 0.25) is 0 Å². The Morgan fingerprint density at radius 1 is 1.50 bits per heavy atom. The van der Waals surface area contributed by atoms with E-state index in [1.807, 2.05) is 6.92 Å². The van der Waals surface area contributed by atoms with E-state index in [2.05, 4.69) is 5.32 Å². The van der Waals surface area contributed by atoms with Gasteiger partial charge in [-0.05, 0) is 18.6 Å². The maximum Gasteiger partial charge on any atom is 0.254 e. The van der Waals surface area contributed by atoms with Crippen LogP contribution in [-0.4, -0.2) is 17.8 Å². The van der Waals surface area contributed by atoms with E-state index in [0.29, 0.717) is 12.5 Å². The molecule has 0 aliphatic heterocycles. The van der Waals surface area contributed by atoms with Gasteiger partial charge in [0.25, 0.3) is 5.91 Å². The first-order valence-corrected chi connectivity index (χ1v) is 5.35. The van der Waals surface area contributed by atoms with Crippen molar-refractivity contribution in [2.75, 3.05) is 6.54 Å². The molecule has 1 aromatic carbocycles. The van der Waals surface area contributed by atoms with Gasteiger partial charge in [-0.1, -0.05) is 6.92 Å². The summed E-state index contributed by atoms with van der Waals surface area (Å²) in [6.45, 7) is 2.13. The smallest absolute Gasteiger partial charge is 0.254 e. The average molecular weight is 248 g/mol. The van der Waals surface area contributed by atoms with Gasteiger partial charge in [0.05, 0.1) is 10.9 Å². The fourth-order valence-electron chi connectivity index (χ4n) is 1.12. The molecule has 88 valence electrons. The predicted octanol–water partition coefficient (Wildman–Crippen LogP) is 2.71. The number of halogens is 3. The lowest BCUT2D eigenvalue weighted by atomic mass is 10.2. The second-order valence-electron chi connectivity index (χ2n) is 3.34. The Morgan fingerprint density at radius 3 is 2.75 bits per heavy atom. The normalized spacial score (nSPS) is 12.2. The predicted molar refractivity (Wildman–Crippen MR) is 58.6 cm³/mol. The lowest BCUT2D eigenvalue weighted by Crippen LogP contribution is -2.30. The van der Waals surface area contributed by atoms with Crippen molar-refractivity contribution in [2.45, 2.75) is 18.7 Å². The summed E-state index contributed by atoms with van der Waals surface area (Å²) in [4.78, 5) is 11.5. The van der Waals surface area contributed by atoms with E-state index in [0.717, 1.165) is 12.1 Å². The molecule has 0 bridgehead atoms. The van der Waals surface area contributed by atoms with Crippen LogP contribution in [0.15, 0.2) is 18.2 Å². The number of alkyl halides is 1. The molecule has 5 heteroatoms. The zero-order chi connectivity index (χ0) is 12.1. The zero-order valence-electron chi connectivity index (χ0n) is 8.77. The fourth-order valence-corrected chi connectivity index (χ4v) is 1.19. The maximum absolute atomic E-state index is 13.2. The van der Waals surface area contributed by atoms with Crippen LogP contribution >= 0.6 is 11.6 Å². The summed E-state index contributed by atoms with van der Waals surface area (Å²) in [6, 6.07) is 2.82. The zero-order valence-corrected chi connectivity index (χ0v) is 9.52. The van der Waals surface area contributed by atoms with E-state index in [-0.39, 0.29) is 17.5 Å². The standard InChI is InChI=1S/C11H12ClF2NO/c1-2-7(12)6-15-11(16)9-4-3-8(13)5-10(9)14/h3-5,7H,2,6H2,1H3,(H,15,16). The summed E-state index contributed by atoms with van der Waals surface area (Å²) in [7, 11) is 0. The van der Waals surface area contributed by atoms with Crippen LogP contribution in [-0.2, 0) is 0 Å². The molecule has 0 fully saturated rings. The van der Waals surface area contributed by atoms with E-state index in [9.17, 15) is 13.6 Å². The summed E-state index contributed by atoms with van der Waals surface area (Å²) in [5, 5.41) is 2.29. The van der Waals surface area contributed by atoms with Gasteiger partial charge in [-0.2, -0.15) is 0 Å². The highest BCUT2D eigenvalue weighted by atomic mass is 35.5. The minimum atomic E-state index is -0.875. The largest absolute Gasteiger partial charge is 0.350 e. The number of benzene rings is 1. The minimum Gasteiger partial charge on any atom is -0.350 e. The minimum absolute atomic E-state index is 0.179. The van der Waals surface area contributed by atoms with Gasteiger partial charge < -0.3 is 5.32 Å². The van der Waals surface area contributed by atoms with Gasteiger partial charge >= 0.3 is 0 Å². The first-order valence-electron chi connectivity index (χ1n) is 4.92. The molecular weight excluding hydrogens is 236 g/mol. The molecule has 1 aromatic rings. The SMILES string of the molecule is CCC(Cl)CNC(=O)c1ccc(F)cc1F. The highest BCUT2D eigenvalue weighted by Gasteiger charge is 2.13. The Kier molecular flexibility index (Phi) is 4.68. The molecule has 0 spiro atoms. The van der Waals surface area contributed by atoms with Crippen molar-refractivity contribution in [1.82, 2.24) is 5.32 Å². The Bertz CT molecular complexity index is 384. The quantitative estimate of drug-likeness (QED) is 0.815. The third kappa shape index (κ3) is 3.45. The van der Waals surface area contributed by atoms with Gasteiger partial charge in [-0.3, -0.25) is 4.79 Å². The lowest BCUT2D eigenvalue weighted by molar-refractivity contribution is 0.0949. The molecule has 1 rings (SSSR count). The van der Waals surface area contributed by atoms with Crippen molar-refractivity contribution in [2.24, 2.45) is 0 Å². The van der Waals surface area contributed by atoms with E-state index < -0.39 is 17.5 Å². The second-order valence-corrected chi connectivity index (χ2v) is 3.96. The molecule has 1 atom stereocenters. The molecule has 0 heterocycles. The third-order valence-electron chi connectivity index (χ3n) is 2.10. The summed E-state index contributed by atoms with van der Waals surface area (Å²) < 4.78 is 25.8. The molecule has 16 heavy (non-hydrogen) atoms. The van der Waals surface area contributed by atoms with E-state index in [4.69, 9.17) is 11.6 Å². The Hall–Kier alpha value is -1.16. The monoisotopic (exact) mass is 247 g/mol. The van der Waals surface area contributed by atoms with Gasteiger partial charge in [-0.15, -0.1) is 11.6 Å². The van der Waals surface area contributed by atoms with Gasteiger partial charge in [0, 0.05) is 12.6 Å². The van der Waals surface area contributed by atoms with Crippen LogP contribution in [0.3, 0.4) is 0 Å². The van der Waals surface area contributed by atoms with Crippen molar-refractivity contribution in [3.63, 3.8) is 0 Å². The second kappa shape index (κ2) is 5.80.